The molecule has 7 heteroatoms. The number of ether oxygens (including phenoxy) is 3. The average molecular weight is 437 g/mol. The van der Waals surface area contributed by atoms with Crippen LogP contribution in [0.3, 0.4) is 0 Å². The second kappa shape index (κ2) is 8.90. The third-order valence-corrected chi connectivity index (χ3v) is 6.51. The zero-order valence-electron chi connectivity index (χ0n) is 18.3. The fourth-order valence-corrected chi connectivity index (χ4v) is 4.39. The largest absolute Gasteiger partial charge is 0.477 e. The van der Waals surface area contributed by atoms with Gasteiger partial charge in [0.1, 0.15) is 0 Å². The van der Waals surface area contributed by atoms with Crippen LogP contribution in [0.15, 0.2) is 30.3 Å². The standard InChI is InChI=1S/C25H28N2O5/c1-30-25(29)18-4-5-19-13-27(14-21(19)10-18)24(28)20-11-22(17-2-3-17)26-23(12-20)32-15-16-6-8-31-9-7-16/h4-5,10-12,16-17H,2-3,6-9,13-15H2,1H3. The molecule has 0 N–H and O–H groups in total. The predicted molar refractivity (Wildman–Crippen MR) is 117 cm³/mol. The Hall–Kier alpha value is -2.93. The fourth-order valence-electron chi connectivity index (χ4n) is 4.39. The Morgan fingerprint density at radius 1 is 1.03 bits per heavy atom. The summed E-state index contributed by atoms with van der Waals surface area (Å²) in [7, 11) is 1.37. The first kappa shape index (κ1) is 20.9. The van der Waals surface area contributed by atoms with E-state index in [4.69, 9.17) is 19.2 Å². The number of nitrogens with zero attached hydrogens (tertiary/aromatic N) is 2. The maximum Gasteiger partial charge on any atom is 0.337 e. The van der Waals surface area contributed by atoms with E-state index in [1.54, 1.807) is 17.0 Å². The highest BCUT2D eigenvalue weighted by Crippen LogP contribution is 2.40. The van der Waals surface area contributed by atoms with Gasteiger partial charge in [0.25, 0.3) is 5.91 Å². The van der Waals surface area contributed by atoms with Crippen LogP contribution in [0.1, 0.15) is 69.1 Å². The van der Waals surface area contributed by atoms with Crippen LogP contribution in [0.5, 0.6) is 5.88 Å². The molecule has 1 aliphatic carbocycles. The van der Waals surface area contributed by atoms with E-state index in [1.807, 2.05) is 18.2 Å². The minimum absolute atomic E-state index is 0.0407. The number of fused-ring (bicyclic) bond motifs is 1. The Balaban J connectivity index is 1.32. The van der Waals surface area contributed by atoms with Crippen molar-refractivity contribution in [2.24, 2.45) is 5.92 Å². The summed E-state index contributed by atoms with van der Waals surface area (Å²) in [5.41, 5.74) is 4.10. The minimum Gasteiger partial charge on any atom is -0.477 e. The van der Waals surface area contributed by atoms with Gasteiger partial charge in [0.05, 0.1) is 19.3 Å². The van der Waals surface area contributed by atoms with Crippen LogP contribution in [0, 0.1) is 5.92 Å². The number of hydrogen-bond donors (Lipinski definition) is 0. The van der Waals surface area contributed by atoms with E-state index in [0.717, 1.165) is 55.7 Å². The van der Waals surface area contributed by atoms with Gasteiger partial charge in [-0.15, -0.1) is 0 Å². The van der Waals surface area contributed by atoms with Gasteiger partial charge in [-0.1, -0.05) is 6.07 Å². The van der Waals surface area contributed by atoms with E-state index in [0.29, 0.717) is 48.5 Å². The fraction of sp³-hybridized carbons (Fsp3) is 0.480. The lowest BCUT2D eigenvalue weighted by Gasteiger charge is -2.22. The van der Waals surface area contributed by atoms with Crippen molar-refractivity contribution < 1.29 is 23.8 Å². The molecule has 0 atom stereocenters. The number of pyridine rings is 1. The molecule has 0 unspecified atom stereocenters. The quantitative estimate of drug-likeness (QED) is 0.643. The first-order chi connectivity index (χ1) is 15.6. The molecule has 168 valence electrons. The molecule has 1 aromatic carbocycles. The molecule has 2 aliphatic heterocycles. The van der Waals surface area contributed by atoms with E-state index < -0.39 is 0 Å². The first-order valence-electron chi connectivity index (χ1n) is 11.3. The van der Waals surface area contributed by atoms with E-state index in [-0.39, 0.29) is 11.9 Å². The molecule has 32 heavy (non-hydrogen) atoms. The molecular weight excluding hydrogens is 408 g/mol. The van der Waals surface area contributed by atoms with Crippen LogP contribution in [0.4, 0.5) is 0 Å². The van der Waals surface area contributed by atoms with Crippen LogP contribution in [0.2, 0.25) is 0 Å². The molecule has 1 saturated carbocycles. The highest BCUT2D eigenvalue weighted by Gasteiger charge is 2.30. The maximum atomic E-state index is 13.4. The van der Waals surface area contributed by atoms with Gasteiger partial charge in [0, 0.05) is 49.5 Å². The van der Waals surface area contributed by atoms with Gasteiger partial charge < -0.3 is 19.1 Å². The van der Waals surface area contributed by atoms with Crippen LogP contribution >= 0.6 is 0 Å². The lowest BCUT2D eigenvalue weighted by Crippen LogP contribution is -2.26. The number of carbonyl (C=O) groups is 2. The van der Waals surface area contributed by atoms with Crippen molar-refractivity contribution >= 4 is 11.9 Å². The second-order valence-electron chi connectivity index (χ2n) is 8.90. The molecule has 0 spiro atoms. The van der Waals surface area contributed by atoms with Crippen molar-refractivity contribution in [2.45, 2.75) is 44.7 Å². The molecule has 2 fully saturated rings. The summed E-state index contributed by atoms with van der Waals surface area (Å²) in [6.45, 7) is 3.15. The Labute approximate surface area is 187 Å². The summed E-state index contributed by atoms with van der Waals surface area (Å²) < 4.78 is 16.3. The van der Waals surface area contributed by atoms with Crippen molar-refractivity contribution in [3.63, 3.8) is 0 Å². The Kier molecular flexibility index (Phi) is 5.83. The normalized spacial score (nSPS) is 18.3. The predicted octanol–water partition coefficient (Wildman–Crippen LogP) is 3.71. The summed E-state index contributed by atoms with van der Waals surface area (Å²) in [4.78, 5) is 31.7. The molecule has 1 amide bonds. The van der Waals surface area contributed by atoms with E-state index in [1.165, 1.54) is 7.11 Å². The number of methoxy groups -OCH3 is 1. The molecule has 3 aliphatic rings. The van der Waals surface area contributed by atoms with Gasteiger partial charge >= 0.3 is 5.97 Å². The number of aromatic nitrogens is 1. The lowest BCUT2D eigenvalue weighted by atomic mass is 10.0. The molecule has 2 aromatic rings. The topological polar surface area (TPSA) is 78.0 Å². The molecule has 1 saturated heterocycles. The summed E-state index contributed by atoms with van der Waals surface area (Å²) >= 11 is 0. The van der Waals surface area contributed by atoms with Crippen LogP contribution in [0.25, 0.3) is 0 Å². The number of benzene rings is 1. The number of carbonyl (C=O) groups excluding carboxylic acids is 2. The van der Waals surface area contributed by atoms with Gasteiger partial charge in [-0.3, -0.25) is 4.79 Å². The van der Waals surface area contributed by atoms with E-state index in [9.17, 15) is 9.59 Å². The SMILES string of the molecule is COC(=O)c1ccc2c(c1)CN(C(=O)c1cc(OCC3CCOCC3)nc(C3CC3)c1)C2. The van der Waals surface area contributed by atoms with Gasteiger partial charge in [-0.25, -0.2) is 9.78 Å². The number of rotatable bonds is 6. The van der Waals surface area contributed by atoms with Gasteiger partial charge in [-0.2, -0.15) is 0 Å². The summed E-state index contributed by atoms with van der Waals surface area (Å²) in [5, 5.41) is 0. The van der Waals surface area contributed by atoms with E-state index >= 15 is 0 Å². The van der Waals surface area contributed by atoms with Crippen LogP contribution < -0.4 is 4.74 Å². The smallest absolute Gasteiger partial charge is 0.337 e. The molecular formula is C25H28N2O5. The molecule has 1 aromatic heterocycles. The molecule has 3 heterocycles. The van der Waals surface area contributed by atoms with Crippen molar-refractivity contribution in [1.82, 2.24) is 9.88 Å². The Morgan fingerprint density at radius 3 is 2.56 bits per heavy atom. The third-order valence-electron chi connectivity index (χ3n) is 6.51. The number of esters is 1. The van der Waals surface area contributed by atoms with Gasteiger partial charge in [-0.05, 0) is 60.9 Å². The lowest BCUT2D eigenvalue weighted by molar-refractivity contribution is 0.0490. The van der Waals surface area contributed by atoms with E-state index in [2.05, 4.69) is 0 Å². The zero-order chi connectivity index (χ0) is 22.1. The number of amides is 1. The highest BCUT2D eigenvalue weighted by molar-refractivity contribution is 5.95. The minimum atomic E-state index is -0.368. The van der Waals surface area contributed by atoms with Gasteiger partial charge in [0.2, 0.25) is 5.88 Å². The summed E-state index contributed by atoms with van der Waals surface area (Å²) in [6, 6.07) is 9.16. The first-order valence-corrected chi connectivity index (χ1v) is 11.3. The highest BCUT2D eigenvalue weighted by atomic mass is 16.5. The third kappa shape index (κ3) is 4.48. The van der Waals surface area contributed by atoms with Crippen molar-refractivity contribution in [3.8, 4) is 5.88 Å². The summed E-state index contributed by atoms with van der Waals surface area (Å²) in [5.74, 6) is 1.01. The molecule has 7 nitrogen and oxygen atoms in total. The molecule has 5 rings (SSSR count). The summed E-state index contributed by atoms with van der Waals surface area (Å²) in [6.07, 6.45) is 4.20. The molecule has 0 radical (unpaired) electrons. The van der Waals surface area contributed by atoms with Crippen LogP contribution in [-0.2, 0) is 22.6 Å². The van der Waals surface area contributed by atoms with Crippen molar-refractivity contribution in [3.05, 3.63) is 58.3 Å². The zero-order valence-corrected chi connectivity index (χ0v) is 18.3. The van der Waals surface area contributed by atoms with Crippen LogP contribution in [-0.4, -0.2) is 48.7 Å². The molecule has 0 bridgehead atoms. The monoisotopic (exact) mass is 436 g/mol. The maximum absolute atomic E-state index is 13.4. The van der Waals surface area contributed by atoms with Crippen molar-refractivity contribution in [1.29, 1.82) is 0 Å². The van der Waals surface area contributed by atoms with Crippen molar-refractivity contribution in [2.75, 3.05) is 26.9 Å². The number of hydrogen-bond acceptors (Lipinski definition) is 6. The Morgan fingerprint density at radius 2 is 1.81 bits per heavy atom. The van der Waals surface area contributed by atoms with Gasteiger partial charge in [0.15, 0.2) is 0 Å². The second-order valence-corrected chi connectivity index (χ2v) is 8.90. The Bertz CT molecular complexity index is 1030. The average Bonchev–Trinajstić information content (AvgIpc) is 3.60.